The largest absolute Gasteiger partial charge is 0.383 e. The highest BCUT2D eigenvalue weighted by molar-refractivity contribution is 5.36. The van der Waals surface area contributed by atoms with Gasteiger partial charge in [0.1, 0.15) is 5.82 Å². The van der Waals surface area contributed by atoms with E-state index in [9.17, 15) is 4.79 Å². The Bertz CT molecular complexity index is 740. The van der Waals surface area contributed by atoms with Gasteiger partial charge in [-0.05, 0) is 69.6 Å². The minimum absolute atomic E-state index is 0.246. The smallest absolute Gasteiger partial charge is 0.354 e. The van der Waals surface area contributed by atoms with E-state index in [-0.39, 0.29) is 11.5 Å². The van der Waals surface area contributed by atoms with Gasteiger partial charge in [0.15, 0.2) is 0 Å². The summed E-state index contributed by atoms with van der Waals surface area (Å²) in [6.07, 6.45) is 6.44. The summed E-state index contributed by atoms with van der Waals surface area (Å²) in [5.41, 5.74) is 7.28. The van der Waals surface area contributed by atoms with Gasteiger partial charge in [-0.3, -0.25) is 4.57 Å². The fourth-order valence-corrected chi connectivity index (χ4v) is 3.39. The number of likely N-dealkylation sites (tertiary alicyclic amines) is 1. The highest BCUT2D eigenvalue weighted by Gasteiger charge is 2.15. The van der Waals surface area contributed by atoms with Crippen molar-refractivity contribution in [1.29, 1.82) is 0 Å². The summed E-state index contributed by atoms with van der Waals surface area (Å²) in [5.74, 6) is 0.246. The Morgan fingerprint density at radius 3 is 2.72 bits per heavy atom. The molecule has 0 radical (unpaired) electrons. The van der Waals surface area contributed by atoms with Crippen LogP contribution in [0.25, 0.3) is 5.69 Å². The lowest BCUT2D eigenvalue weighted by atomic mass is 10.1. The van der Waals surface area contributed by atoms with Gasteiger partial charge in [-0.15, -0.1) is 0 Å². The van der Waals surface area contributed by atoms with Crippen molar-refractivity contribution in [2.24, 2.45) is 0 Å². The van der Waals surface area contributed by atoms with Gasteiger partial charge in [0.2, 0.25) is 0 Å². The summed E-state index contributed by atoms with van der Waals surface area (Å²) in [4.78, 5) is 18.2. The predicted molar refractivity (Wildman–Crippen MR) is 101 cm³/mol. The van der Waals surface area contributed by atoms with E-state index >= 15 is 0 Å². The average molecular weight is 341 g/mol. The minimum atomic E-state index is -0.351. The first-order valence-electron chi connectivity index (χ1n) is 9.00. The molecule has 6 nitrogen and oxygen atoms in total. The first-order chi connectivity index (χ1) is 12.2. The van der Waals surface area contributed by atoms with E-state index in [1.54, 1.807) is 12.3 Å². The summed E-state index contributed by atoms with van der Waals surface area (Å²) in [6, 6.07) is 10.4. The van der Waals surface area contributed by atoms with Crippen LogP contribution in [0.5, 0.6) is 0 Å². The molecule has 1 unspecified atom stereocenters. The van der Waals surface area contributed by atoms with Crippen molar-refractivity contribution < 1.29 is 0 Å². The molecular formula is C19H27N5O. The maximum Gasteiger partial charge on any atom is 0.354 e. The normalized spacial score (nSPS) is 18.8. The molecule has 134 valence electrons. The van der Waals surface area contributed by atoms with Crippen LogP contribution in [0.4, 0.5) is 5.82 Å². The zero-order chi connectivity index (χ0) is 17.6. The maximum absolute atomic E-state index is 11.9. The summed E-state index contributed by atoms with van der Waals surface area (Å²) >= 11 is 0. The zero-order valence-electron chi connectivity index (χ0n) is 14.8. The second kappa shape index (κ2) is 8.27. The second-order valence-corrected chi connectivity index (χ2v) is 6.68. The summed E-state index contributed by atoms with van der Waals surface area (Å²) in [7, 11) is 2.06. The molecule has 1 aromatic heterocycles. The number of hydrogen-bond acceptors (Lipinski definition) is 5. The Balaban J connectivity index is 1.58. The summed E-state index contributed by atoms with van der Waals surface area (Å²) in [6.45, 7) is 3.43. The first kappa shape index (κ1) is 17.6. The molecule has 25 heavy (non-hydrogen) atoms. The molecule has 3 rings (SSSR count). The number of benzene rings is 1. The van der Waals surface area contributed by atoms with Crippen molar-refractivity contribution in [2.45, 2.75) is 31.7 Å². The van der Waals surface area contributed by atoms with Crippen molar-refractivity contribution in [2.75, 3.05) is 32.4 Å². The van der Waals surface area contributed by atoms with Gasteiger partial charge >= 0.3 is 5.69 Å². The van der Waals surface area contributed by atoms with Crippen molar-refractivity contribution in [3.05, 3.63) is 52.6 Å². The van der Waals surface area contributed by atoms with Crippen molar-refractivity contribution in [3.63, 3.8) is 0 Å². The van der Waals surface area contributed by atoms with Gasteiger partial charge in [-0.25, -0.2) is 4.79 Å². The van der Waals surface area contributed by atoms with Crippen LogP contribution in [0.15, 0.2) is 41.3 Å². The zero-order valence-corrected chi connectivity index (χ0v) is 14.8. The summed E-state index contributed by atoms with van der Waals surface area (Å²) in [5, 5.41) is 3.40. The number of hydrogen-bond donors (Lipinski definition) is 2. The molecule has 6 heteroatoms. The lowest BCUT2D eigenvalue weighted by Gasteiger charge is -2.20. The number of nitrogens with two attached hydrogens (primary N) is 1. The van der Waals surface area contributed by atoms with E-state index < -0.39 is 0 Å². The predicted octanol–water partition coefficient (Wildman–Crippen LogP) is 1.43. The third-order valence-electron chi connectivity index (χ3n) is 4.99. The molecule has 1 saturated heterocycles. The number of nitrogens with one attached hydrogen (secondary N) is 1. The van der Waals surface area contributed by atoms with Crippen molar-refractivity contribution in [1.82, 2.24) is 19.8 Å². The Hall–Kier alpha value is -2.18. The van der Waals surface area contributed by atoms with Crippen LogP contribution in [-0.2, 0) is 6.42 Å². The Morgan fingerprint density at radius 2 is 2.00 bits per heavy atom. The monoisotopic (exact) mass is 341 g/mol. The summed E-state index contributed by atoms with van der Waals surface area (Å²) < 4.78 is 1.51. The van der Waals surface area contributed by atoms with E-state index in [2.05, 4.69) is 34.4 Å². The molecule has 3 N–H and O–H groups in total. The van der Waals surface area contributed by atoms with E-state index in [1.807, 2.05) is 12.1 Å². The van der Waals surface area contributed by atoms with Crippen LogP contribution in [0.1, 0.15) is 24.8 Å². The van der Waals surface area contributed by atoms with Crippen LogP contribution in [0, 0.1) is 0 Å². The van der Waals surface area contributed by atoms with Crippen molar-refractivity contribution >= 4 is 5.82 Å². The lowest BCUT2D eigenvalue weighted by Crippen LogP contribution is -2.29. The quantitative estimate of drug-likeness (QED) is 0.860. The molecular weight excluding hydrogens is 314 g/mol. The van der Waals surface area contributed by atoms with Gasteiger partial charge in [0, 0.05) is 18.8 Å². The molecule has 0 saturated carbocycles. The van der Waals surface area contributed by atoms with Crippen LogP contribution < -0.4 is 16.7 Å². The first-order valence-corrected chi connectivity index (χ1v) is 9.00. The number of anilines is 1. The van der Waals surface area contributed by atoms with E-state index in [0.717, 1.165) is 25.2 Å². The average Bonchev–Trinajstić information content (AvgIpc) is 2.86. The second-order valence-electron chi connectivity index (χ2n) is 6.68. The standard InChI is InChI=1S/C19H27N5O/c1-21-16-3-2-11-23(13-9-16)12-8-15-4-6-17(7-5-15)24-14-10-18(20)22-19(24)25/h4-7,10,14,16,21H,2-3,8-9,11-13H2,1H3,(H2,20,22,25). The molecule has 1 aliphatic rings. The molecule has 0 bridgehead atoms. The fourth-order valence-electron chi connectivity index (χ4n) is 3.39. The molecule has 1 aromatic carbocycles. The molecule has 1 atom stereocenters. The Morgan fingerprint density at radius 1 is 1.20 bits per heavy atom. The highest BCUT2D eigenvalue weighted by Crippen LogP contribution is 2.13. The molecule has 0 spiro atoms. The fraction of sp³-hybridized carbons (Fsp3) is 0.474. The van der Waals surface area contributed by atoms with Crippen LogP contribution in [-0.4, -0.2) is 47.2 Å². The van der Waals surface area contributed by atoms with Crippen LogP contribution in [0.3, 0.4) is 0 Å². The number of nitrogens with zero attached hydrogens (tertiary/aromatic N) is 3. The van der Waals surface area contributed by atoms with E-state index in [0.29, 0.717) is 6.04 Å². The number of nitrogen functional groups attached to an aromatic ring is 1. The van der Waals surface area contributed by atoms with Crippen LogP contribution >= 0.6 is 0 Å². The van der Waals surface area contributed by atoms with E-state index in [4.69, 9.17) is 5.73 Å². The Kier molecular flexibility index (Phi) is 5.83. The van der Waals surface area contributed by atoms with Gasteiger partial charge in [-0.2, -0.15) is 4.98 Å². The third kappa shape index (κ3) is 4.67. The van der Waals surface area contributed by atoms with E-state index in [1.165, 1.54) is 35.9 Å². The Labute approximate surface area is 148 Å². The lowest BCUT2D eigenvalue weighted by molar-refractivity contribution is 0.286. The van der Waals surface area contributed by atoms with Gasteiger partial charge < -0.3 is 16.0 Å². The van der Waals surface area contributed by atoms with Crippen molar-refractivity contribution in [3.8, 4) is 5.69 Å². The molecule has 2 heterocycles. The molecule has 1 fully saturated rings. The minimum Gasteiger partial charge on any atom is -0.383 e. The molecule has 2 aromatic rings. The molecule has 0 aliphatic carbocycles. The molecule has 0 amide bonds. The number of aromatic nitrogens is 2. The van der Waals surface area contributed by atoms with Gasteiger partial charge in [-0.1, -0.05) is 12.1 Å². The highest BCUT2D eigenvalue weighted by atomic mass is 16.1. The van der Waals surface area contributed by atoms with Gasteiger partial charge in [0.25, 0.3) is 0 Å². The topological polar surface area (TPSA) is 76.2 Å². The molecule has 1 aliphatic heterocycles. The van der Waals surface area contributed by atoms with Crippen LogP contribution in [0.2, 0.25) is 0 Å². The third-order valence-corrected chi connectivity index (χ3v) is 4.99. The maximum atomic E-state index is 11.9. The SMILES string of the molecule is CNC1CCCN(CCc2ccc(-n3ccc(N)nc3=O)cc2)CC1. The van der Waals surface area contributed by atoms with Gasteiger partial charge in [0.05, 0.1) is 5.69 Å². The number of rotatable bonds is 5.